The van der Waals surface area contributed by atoms with Gasteiger partial charge in [0.15, 0.2) is 0 Å². The summed E-state index contributed by atoms with van der Waals surface area (Å²) in [5.74, 6) is 0.742. The van der Waals surface area contributed by atoms with E-state index in [0.29, 0.717) is 5.02 Å². The van der Waals surface area contributed by atoms with Gasteiger partial charge >= 0.3 is 0 Å². The number of nitrogens with zero attached hydrogens (tertiary/aromatic N) is 2. The number of anilines is 2. The van der Waals surface area contributed by atoms with E-state index in [1.165, 1.54) is 0 Å². The molecule has 72 valence electrons. The minimum atomic E-state index is 0.708. The van der Waals surface area contributed by atoms with Crippen molar-refractivity contribution in [3.05, 3.63) is 35.0 Å². The molecule has 0 aliphatic rings. The number of halogens is 1. The zero-order chi connectivity index (χ0) is 9.97. The quantitative estimate of drug-likeness (QED) is 0.798. The van der Waals surface area contributed by atoms with Crippen molar-refractivity contribution in [3.63, 3.8) is 0 Å². The fourth-order valence-electron chi connectivity index (χ4n) is 1.22. The van der Waals surface area contributed by atoms with Gasteiger partial charge < -0.3 is 5.32 Å². The molecule has 0 amide bonds. The first-order valence-corrected chi connectivity index (χ1v) is 4.52. The zero-order valence-corrected chi connectivity index (χ0v) is 8.34. The maximum absolute atomic E-state index is 5.91. The molecule has 0 atom stereocenters. The second-order valence-corrected chi connectivity index (χ2v) is 3.45. The van der Waals surface area contributed by atoms with Crippen LogP contribution in [0.15, 0.2) is 24.4 Å². The number of rotatable bonds is 2. The van der Waals surface area contributed by atoms with Crippen LogP contribution in [0, 0.1) is 6.92 Å². The standard InChI is InChI=1S/C9H9ClN4/c1-6-2-7(10)4-8(3-6)12-9-5-11-14-13-9/h2-5H,1H3,(H2,11,12,13,14). The van der Waals surface area contributed by atoms with E-state index in [9.17, 15) is 0 Å². The predicted molar refractivity (Wildman–Crippen MR) is 55.9 cm³/mol. The molecule has 0 saturated heterocycles. The van der Waals surface area contributed by atoms with E-state index in [0.717, 1.165) is 17.1 Å². The Bertz CT molecular complexity index is 404. The molecule has 1 aromatic heterocycles. The normalized spacial score (nSPS) is 10.1. The third kappa shape index (κ3) is 2.03. The number of benzene rings is 1. The summed E-state index contributed by atoms with van der Waals surface area (Å²) in [5.41, 5.74) is 2.02. The van der Waals surface area contributed by atoms with Gasteiger partial charge in [-0.2, -0.15) is 0 Å². The van der Waals surface area contributed by atoms with Gasteiger partial charge in [-0.15, -0.1) is 5.10 Å². The molecule has 0 fully saturated rings. The molecule has 0 radical (unpaired) electrons. The molecule has 0 bridgehead atoms. The summed E-state index contributed by atoms with van der Waals surface area (Å²) in [5, 5.41) is 13.8. The molecule has 4 nitrogen and oxygen atoms in total. The van der Waals surface area contributed by atoms with Gasteiger partial charge in [-0.1, -0.05) is 16.8 Å². The van der Waals surface area contributed by atoms with Gasteiger partial charge in [0.1, 0.15) is 5.82 Å². The summed E-state index contributed by atoms with van der Waals surface area (Å²) >= 11 is 5.91. The highest BCUT2D eigenvalue weighted by atomic mass is 35.5. The predicted octanol–water partition coefficient (Wildman–Crippen LogP) is 2.51. The van der Waals surface area contributed by atoms with Crippen LogP contribution in [0.4, 0.5) is 11.5 Å². The first-order chi connectivity index (χ1) is 6.74. The molecule has 0 spiro atoms. The van der Waals surface area contributed by atoms with E-state index >= 15 is 0 Å². The highest BCUT2D eigenvalue weighted by Gasteiger charge is 1.98. The Hall–Kier alpha value is -1.55. The van der Waals surface area contributed by atoms with Crippen molar-refractivity contribution in [2.24, 2.45) is 0 Å². The molecule has 2 N–H and O–H groups in total. The van der Waals surface area contributed by atoms with E-state index in [2.05, 4.69) is 20.7 Å². The van der Waals surface area contributed by atoms with Gasteiger partial charge in [0.05, 0.1) is 6.20 Å². The van der Waals surface area contributed by atoms with E-state index in [1.54, 1.807) is 6.20 Å². The van der Waals surface area contributed by atoms with Crippen LogP contribution >= 0.6 is 11.6 Å². The van der Waals surface area contributed by atoms with Crippen molar-refractivity contribution in [3.8, 4) is 0 Å². The van der Waals surface area contributed by atoms with Crippen molar-refractivity contribution in [1.29, 1.82) is 0 Å². The maximum Gasteiger partial charge on any atom is 0.146 e. The third-order valence-electron chi connectivity index (χ3n) is 1.74. The van der Waals surface area contributed by atoms with Crippen LogP contribution in [0.3, 0.4) is 0 Å². The van der Waals surface area contributed by atoms with Gasteiger partial charge in [-0.3, -0.25) is 0 Å². The lowest BCUT2D eigenvalue weighted by Crippen LogP contribution is -1.91. The van der Waals surface area contributed by atoms with Crippen molar-refractivity contribution < 1.29 is 0 Å². The third-order valence-corrected chi connectivity index (χ3v) is 1.95. The fourth-order valence-corrected chi connectivity index (χ4v) is 1.51. The van der Waals surface area contributed by atoms with Gasteiger partial charge in [0.25, 0.3) is 0 Å². The van der Waals surface area contributed by atoms with E-state index in [-0.39, 0.29) is 0 Å². The van der Waals surface area contributed by atoms with Gasteiger partial charge in [0.2, 0.25) is 0 Å². The minimum absolute atomic E-state index is 0.708. The molecule has 5 heteroatoms. The van der Waals surface area contributed by atoms with E-state index < -0.39 is 0 Å². The second kappa shape index (κ2) is 3.67. The summed E-state index contributed by atoms with van der Waals surface area (Å²) in [7, 11) is 0. The summed E-state index contributed by atoms with van der Waals surface area (Å²) in [4.78, 5) is 0. The van der Waals surface area contributed by atoms with Crippen molar-refractivity contribution in [2.45, 2.75) is 6.92 Å². The number of nitrogens with one attached hydrogen (secondary N) is 2. The molecule has 0 aliphatic heterocycles. The molecule has 0 saturated carbocycles. The largest absolute Gasteiger partial charge is 0.339 e. The number of aromatic nitrogens is 3. The number of aryl methyl sites for hydroxylation is 1. The lowest BCUT2D eigenvalue weighted by atomic mass is 10.2. The summed E-state index contributed by atoms with van der Waals surface area (Å²) in [6, 6.07) is 5.74. The summed E-state index contributed by atoms with van der Waals surface area (Å²) < 4.78 is 0. The Morgan fingerprint density at radius 3 is 2.86 bits per heavy atom. The fraction of sp³-hybridized carbons (Fsp3) is 0.111. The number of H-pyrrole nitrogens is 1. The zero-order valence-electron chi connectivity index (χ0n) is 7.58. The topological polar surface area (TPSA) is 53.6 Å². The van der Waals surface area contributed by atoms with E-state index in [1.807, 2.05) is 25.1 Å². The first-order valence-electron chi connectivity index (χ1n) is 4.14. The highest BCUT2D eigenvalue weighted by molar-refractivity contribution is 6.30. The second-order valence-electron chi connectivity index (χ2n) is 3.01. The van der Waals surface area contributed by atoms with Gasteiger partial charge in [-0.25, -0.2) is 5.10 Å². The SMILES string of the molecule is Cc1cc(Cl)cc(Nc2cnn[nH]2)c1. The number of hydrogen-bond donors (Lipinski definition) is 2. The van der Waals surface area contributed by atoms with Crippen LogP contribution in [0.5, 0.6) is 0 Å². The Balaban J connectivity index is 2.25. The lowest BCUT2D eigenvalue weighted by Gasteiger charge is -2.04. The monoisotopic (exact) mass is 208 g/mol. The number of aromatic amines is 1. The molecular weight excluding hydrogens is 200 g/mol. The van der Waals surface area contributed by atoms with Gasteiger partial charge in [0, 0.05) is 10.7 Å². The average Bonchev–Trinajstić information content (AvgIpc) is 2.54. The number of hydrogen-bond acceptors (Lipinski definition) is 3. The first kappa shape index (κ1) is 9.02. The Kier molecular flexibility index (Phi) is 2.37. The lowest BCUT2D eigenvalue weighted by molar-refractivity contribution is 0.942. The highest BCUT2D eigenvalue weighted by Crippen LogP contribution is 2.20. The maximum atomic E-state index is 5.91. The molecule has 0 unspecified atom stereocenters. The van der Waals surface area contributed by atoms with Crippen LogP contribution in [0.2, 0.25) is 5.02 Å². The van der Waals surface area contributed by atoms with E-state index in [4.69, 9.17) is 11.6 Å². The Morgan fingerprint density at radius 2 is 2.21 bits per heavy atom. The van der Waals surface area contributed by atoms with Crippen molar-refractivity contribution >= 4 is 23.1 Å². The van der Waals surface area contributed by atoms with Gasteiger partial charge in [-0.05, 0) is 30.7 Å². The molecule has 2 rings (SSSR count). The molecule has 1 heterocycles. The summed E-state index contributed by atoms with van der Waals surface area (Å²) in [6.45, 7) is 1.99. The molecule has 1 aromatic carbocycles. The molecule has 14 heavy (non-hydrogen) atoms. The molecular formula is C9H9ClN4. The Labute approximate surface area is 86.3 Å². The molecule has 0 aliphatic carbocycles. The van der Waals surface area contributed by atoms with Crippen molar-refractivity contribution in [2.75, 3.05) is 5.32 Å². The van der Waals surface area contributed by atoms with Crippen LogP contribution in [0.1, 0.15) is 5.56 Å². The smallest absolute Gasteiger partial charge is 0.146 e. The van der Waals surface area contributed by atoms with Crippen molar-refractivity contribution in [1.82, 2.24) is 15.4 Å². The van der Waals surface area contributed by atoms with Crippen LogP contribution in [-0.4, -0.2) is 15.4 Å². The Morgan fingerprint density at radius 1 is 1.36 bits per heavy atom. The minimum Gasteiger partial charge on any atom is -0.339 e. The van der Waals surface area contributed by atoms with Crippen LogP contribution < -0.4 is 5.32 Å². The summed E-state index contributed by atoms with van der Waals surface area (Å²) in [6.07, 6.45) is 1.61. The average molecular weight is 209 g/mol. The molecule has 2 aromatic rings. The van der Waals surface area contributed by atoms with Crippen LogP contribution in [-0.2, 0) is 0 Å². The van der Waals surface area contributed by atoms with Crippen LogP contribution in [0.25, 0.3) is 0 Å².